The summed E-state index contributed by atoms with van der Waals surface area (Å²) in [5.41, 5.74) is 3.90. The van der Waals surface area contributed by atoms with E-state index in [9.17, 15) is 4.79 Å². The van der Waals surface area contributed by atoms with Gasteiger partial charge in [0.1, 0.15) is 5.75 Å². The molecule has 0 fully saturated rings. The zero-order valence-corrected chi connectivity index (χ0v) is 26.4. The van der Waals surface area contributed by atoms with E-state index in [0.717, 1.165) is 36.0 Å². The van der Waals surface area contributed by atoms with Gasteiger partial charge < -0.3 is 4.74 Å². The molecule has 2 nitrogen and oxygen atoms in total. The topological polar surface area (TPSA) is 26.3 Å². The smallest absolute Gasteiger partial charge is 0.348 e. The van der Waals surface area contributed by atoms with Crippen LogP contribution in [-0.2, 0) is 11.2 Å². The number of esters is 1. The molecule has 42 heavy (non-hydrogen) atoms. The molecule has 3 rings (SSSR count). The van der Waals surface area contributed by atoms with Crippen molar-refractivity contribution >= 4 is 5.97 Å². The third-order valence-electron chi connectivity index (χ3n) is 8.31. The highest BCUT2D eigenvalue weighted by molar-refractivity contribution is 5.84. The van der Waals surface area contributed by atoms with Crippen molar-refractivity contribution in [1.29, 1.82) is 0 Å². The molecule has 0 N–H and O–H groups in total. The molecule has 3 aromatic rings. The fourth-order valence-electron chi connectivity index (χ4n) is 5.56. The van der Waals surface area contributed by atoms with Crippen LogP contribution in [0.2, 0.25) is 0 Å². The molecule has 0 radical (unpaired) electrons. The van der Waals surface area contributed by atoms with Gasteiger partial charge in [-0.15, -0.1) is 0 Å². The summed E-state index contributed by atoms with van der Waals surface area (Å²) in [4.78, 5) is 12.6. The van der Waals surface area contributed by atoms with Gasteiger partial charge in [0.05, 0.1) is 0 Å². The SMILES string of the molecule is CCCCCCCCCCC(C)(F)C(=O)Oc1ccc(-c2ccccc2-c2ccc(CCCCCCCC)cc2)cc1. The van der Waals surface area contributed by atoms with Gasteiger partial charge in [-0.1, -0.05) is 152 Å². The van der Waals surface area contributed by atoms with Crippen molar-refractivity contribution in [3.05, 3.63) is 78.4 Å². The van der Waals surface area contributed by atoms with Crippen LogP contribution < -0.4 is 4.74 Å². The Morgan fingerprint density at radius 1 is 0.619 bits per heavy atom. The first-order valence-corrected chi connectivity index (χ1v) is 16.6. The molecule has 0 bridgehead atoms. The van der Waals surface area contributed by atoms with E-state index in [1.807, 2.05) is 18.2 Å². The maximum absolute atomic E-state index is 15.1. The predicted octanol–water partition coefficient (Wildman–Crippen LogP) is 12.1. The largest absolute Gasteiger partial charge is 0.424 e. The van der Waals surface area contributed by atoms with Crippen LogP contribution in [-0.4, -0.2) is 11.6 Å². The highest BCUT2D eigenvalue weighted by atomic mass is 19.1. The number of rotatable bonds is 20. The standard InChI is InChI=1S/C39H53FO2/c1-4-6-8-10-12-13-15-19-31-39(3,40)38(41)42-35-29-27-34(28-30-35)37-22-18-17-21-36(37)33-25-23-32(24-26-33)20-16-14-11-9-7-5-2/h17-18,21-30H,4-16,19-20,31H2,1-3H3. The molecule has 0 aliphatic heterocycles. The fraction of sp³-hybridized carbons (Fsp3) is 0.513. The maximum atomic E-state index is 15.1. The van der Waals surface area contributed by atoms with E-state index in [2.05, 4.69) is 56.3 Å². The second-order valence-electron chi connectivity index (χ2n) is 12.1. The molecule has 0 aliphatic carbocycles. The number of halogens is 1. The fourth-order valence-corrected chi connectivity index (χ4v) is 5.56. The van der Waals surface area contributed by atoms with Crippen molar-refractivity contribution in [2.75, 3.05) is 0 Å². The van der Waals surface area contributed by atoms with Gasteiger partial charge in [-0.25, -0.2) is 9.18 Å². The molecule has 0 amide bonds. The second kappa shape index (κ2) is 18.6. The van der Waals surface area contributed by atoms with E-state index in [1.54, 1.807) is 12.1 Å². The summed E-state index contributed by atoms with van der Waals surface area (Å²) in [6.45, 7) is 5.82. The highest BCUT2D eigenvalue weighted by Gasteiger charge is 2.34. The van der Waals surface area contributed by atoms with Crippen LogP contribution in [0.25, 0.3) is 22.3 Å². The average molecular weight is 573 g/mol. The highest BCUT2D eigenvalue weighted by Crippen LogP contribution is 2.33. The van der Waals surface area contributed by atoms with E-state index in [0.29, 0.717) is 12.2 Å². The van der Waals surface area contributed by atoms with Crippen molar-refractivity contribution in [2.24, 2.45) is 0 Å². The van der Waals surface area contributed by atoms with Crippen molar-refractivity contribution in [3.63, 3.8) is 0 Å². The molecular formula is C39H53FO2. The molecule has 0 spiro atoms. The van der Waals surface area contributed by atoms with Crippen LogP contribution in [0.1, 0.15) is 123 Å². The third-order valence-corrected chi connectivity index (χ3v) is 8.31. The average Bonchev–Trinajstić information content (AvgIpc) is 3.01. The van der Waals surface area contributed by atoms with E-state index < -0.39 is 11.6 Å². The number of carbonyl (C=O) groups is 1. The zero-order valence-electron chi connectivity index (χ0n) is 26.4. The van der Waals surface area contributed by atoms with Gasteiger partial charge in [0.25, 0.3) is 0 Å². The van der Waals surface area contributed by atoms with Crippen LogP contribution in [0, 0.1) is 0 Å². The van der Waals surface area contributed by atoms with Crippen LogP contribution >= 0.6 is 0 Å². The van der Waals surface area contributed by atoms with Crippen LogP contribution in [0.3, 0.4) is 0 Å². The minimum atomic E-state index is -1.98. The molecule has 1 atom stereocenters. The molecule has 0 aliphatic rings. The van der Waals surface area contributed by atoms with Crippen LogP contribution in [0.5, 0.6) is 5.75 Å². The Hall–Kier alpha value is -2.94. The number of carbonyl (C=O) groups excluding carboxylic acids is 1. The predicted molar refractivity (Wildman–Crippen MR) is 177 cm³/mol. The molecule has 0 saturated heterocycles. The molecule has 0 aromatic heterocycles. The Kier molecular flexibility index (Phi) is 14.8. The van der Waals surface area contributed by atoms with Crippen LogP contribution in [0.15, 0.2) is 72.8 Å². The zero-order chi connectivity index (χ0) is 30.0. The number of benzene rings is 3. The van der Waals surface area contributed by atoms with Gasteiger partial charge in [-0.05, 0) is 72.6 Å². The summed E-state index contributed by atoms with van der Waals surface area (Å²) in [6, 6.07) is 24.7. The Bertz CT molecular complexity index is 1160. The lowest BCUT2D eigenvalue weighted by atomic mass is 9.93. The Labute approximate surface area is 255 Å². The van der Waals surface area contributed by atoms with Crippen molar-refractivity contribution in [1.82, 2.24) is 0 Å². The number of hydrogen-bond donors (Lipinski definition) is 0. The van der Waals surface area contributed by atoms with E-state index >= 15 is 4.39 Å². The van der Waals surface area contributed by atoms with Gasteiger partial charge >= 0.3 is 5.97 Å². The molecule has 0 saturated carbocycles. The minimum Gasteiger partial charge on any atom is -0.424 e. The molecular weight excluding hydrogens is 519 g/mol. The van der Waals surface area contributed by atoms with Crippen molar-refractivity contribution < 1.29 is 13.9 Å². The van der Waals surface area contributed by atoms with Gasteiger partial charge in [0.15, 0.2) is 0 Å². The molecule has 228 valence electrons. The summed E-state index contributed by atoms with van der Waals surface area (Å²) in [6.07, 6.45) is 18.2. The first-order chi connectivity index (χ1) is 20.4. The molecule has 3 heteroatoms. The Balaban J connectivity index is 1.53. The van der Waals surface area contributed by atoms with Gasteiger partial charge in [-0.3, -0.25) is 0 Å². The van der Waals surface area contributed by atoms with Gasteiger partial charge in [-0.2, -0.15) is 0 Å². The molecule has 1 unspecified atom stereocenters. The van der Waals surface area contributed by atoms with Gasteiger partial charge in [0, 0.05) is 0 Å². The van der Waals surface area contributed by atoms with E-state index in [1.165, 1.54) is 88.7 Å². The Morgan fingerprint density at radius 2 is 1.07 bits per heavy atom. The third kappa shape index (κ3) is 11.4. The summed E-state index contributed by atoms with van der Waals surface area (Å²) >= 11 is 0. The minimum absolute atomic E-state index is 0.198. The van der Waals surface area contributed by atoms with Crippen molar-refractivity contribution in [3.8, 4) is 28.0 Å². The number of hydrogen-bond acceptors (Lipinski definition) is 2. The monoisotopic (exact) mass is 572 g/mol. The summed E-state index contributed by atoms with van der Waals surface area (Å²) in [5, 5.41) is 0. The Morgan fingerprint density at radius 3 is 1.60 bits per heavy atom. The summed E-state index contributed by atoms with van der Waals surface area (Å²) in [5.74, 6) is -0.431. The number of unbranched alkanes of at least 4 members (excludes halogenated alkanes) is 12. The molecule has 0 heterocycles. The van der Waals surface area contributed by atoms with Crippen LogP contribution in [0.4, 0.5) is 4.39 Å². The normalized spacial score (nSPS) is 12.7. The molecule has 3 aromatic carbocycles. The maximum Gasteiger partial charge on any atom is 0.348 e. The number of ether oxygens (including phenoxy) is 1. The lowest BCUT2D eigenvalue weighted by Crippen LogP contribution is -2.34. The van der Waals surface area contributed by atoms with Crippen molar-refractivity contribution in [2.45, 2.75) is 129 Å². The summed E-state index contributed by atoms with van der Waals surface area (Å²) in [7, 11) is 0. The quantitative estimate of drug-likeness (QED) is 0.0764. The van der Waals surface area contributed by atoms with Gasteiger partial charge in [0.2, 0.25) is 5.67 Å². The lowest BCUT2D eigenvalue weighted by molar-refractivity contribution is -0.147. The number of alkyl halides is 1. The first-order valence-electron chi connectivity index (χ1n) is 16.6. The van der Waals surface area contributed by atoms with E-state index in [4.69, 9.17) is 4.74 Å². The number of aryl methyl sites for hydroxylation is 1. The van der Waals surface area contributed by atoms with E-state index in [-0.39, 0.29) is 6.42 Å². The lowest BCUT2D eigenvalue weighted by Gasteiger charge is -2.18. The second-order valence-corrected chi connectivity index (χ2v) is 12.1. The first kappa shape index (κ1) is 33.6. The summed E-state index contributed by atoms with van der Waals surface area (Å²) < 4.78 is 20.6.